The van der Waals surface area contributed by atoms with Crippen LogP contribution >= 0.6 is 0 Å². The number of aliphatic carboxylic acids is 1. The van der Waals surface area contributed by atoms with Crippen molar-refractivity contribution in [3.8, 4) is 6.07 Å². The zero-order chi connectivity index (χ0) is 15.0. The lowest BCUT2D eigenvalue weighted by Crippen LogP contribution is -2.44. The molecular formula is C13H23N3O3. The Bertz CT molecular complexity index is 350. The fourth-order valence-corrected chi connectivity index (χ4v) is 1.64. The number of carbonyl (C=O) groups is 2. The molecule has 0 radical (unpaired) electrons. The molecule has 0 aliphatic rings. The first-order valence-electron chi connectivity index (χ1n) is 6.40. The Balaban J connectivity index is 4.32. The summed E-state index contributed by atoms with van der Waals surface area (Å²) in [5, 5.41) is 20.2. The maximum atomic E-state index is 11.8. The molecule has 6 heteroatoms. The van der Waals surface area contributed by atoms with Gasteiger partial charge < -0.3 is 15.3 Å². The van der Waals surface area contributed by atoms with Crippen molar-refractivity contribution in [2.24, 2.45) is 11.8 Å². The monoisotopic (exact) mass is 269 g/mol. The van der Waals surface area contributed by atoms with E-state index in [9.17, 15) is 9.59 Å². The molecule has 0 saturated carbocycles. The summed E-state index contributed by atoms with van der Waals surface area (Å²) >= 11 is 0. The van der Waals surface area contributed by atoms with Gasteiger partial charge in [-0.05, 0) is 19.3 Å². The molecule has 6 nitrogen and oxygen atoms in total. The number of nitrogens with zero attached hydrogens (tertiary/aromatic N) is 2. The summed E-state index contributed by atoms with van der Waals surface area (Å²) in [6.07, 6.45) is 0.769. The highest BCUT2D eigenvalue weighted by Gasteiger charge is 2.21. The lowest BCUT2D eigenvalue weighted by Gasteiger charge is -2.24. The van der Waals surface area contributed by atoms with Gasteiger partial charge in [-0.15, -0.1) is 0 Å². The van der Waals surface area contributed by atoms with Gasteiger partial charge in [-0.3, -0.25) is 4.79 Å². The molecule has 0 aromatic rings. The summed E-state index contributed by atoms with van der Waals surface area (Å²) in [7, 11) is 1.59. The molecule has 0 aromatic heterocycles. The Kier molecular flexibility index (Phi) is 7.57. The van der Waals surface area contributed by atoms with Crippen LogP contribution in [-0.4, -0.2) is 41.6 Å². The predicted octanol–water partition coefficient (Wildman–Crippen LogP) is 1.68. The SMILES string of the molecule is CC(C)CC(CNC(=O)N(C)C(C)CC#N)C(=O)O. The third-order valence-corrected chi connectivity index (χ3v) is 2.97. The van der Waals surface area contributed by atoms with E-state index in [2.05, 4.69) is 5.32 Å². The molecule has 0 aliphatic carbocycles. The van der Waals surface area contributed by atoms with Crippen LogP contribution in [0.4, 0.5) is 4.79 Å². The second-order valence-electron chi connectivity index (χ2n) is 5.17. The fraction of sp³-hybridized carbons (Fsp3) is 0.769. The number of carboxylic acid groups (broad SMARTS) is 1. The highest BCUT2D eigenvalue weighted by Crippen LogP contribution is 2.11. The minimum Gasteiger partial charge on any atom is -0.481 e. The number of nitriles is 1. The Morgan fingerprint density at radius 1 is 1.37 bits per heavy atom. The summed E-state index contributed by atoms with van der Waals surface area (Å²) in [6.45, 7) is 5.76. The minimum absolute atomic E-state index is 0.107. The maximum absolute atomic E-state index is 11.8. The van der Waals surface area contributed by atoms with Crippen molar-refractivity contribution in [1.82, 2.24) is 10.2 Å². The van der Waals surface area contributed by atoms with E-state index >= 15 is 0 Å². The summed E-state index contributed by atoms with van der Waals surface area (Å²) < 4.78 is 0. The van der Waals surface area contributed by atoms with Crippen LogP contribution < -0.4 is 5.32 Å². The van der Waals surface area contributed by atoms with Crippen molar-refractivity contribution in [1.29, 1.82) is 5.26 Å². The molecule has 0 spiro atoms. The molecule has 0 fully saturated rings. The molecule has 2 N–H and O–H groups in total. The maximum Gasteiger partial charge on any atom is 0.317 e. The molecule has 0 bridgehead atoms. The molecule has 108 valence electrons. The van der Waals surface area contributed by atoms with Crippen LogP contribution in [0.2, 0.25) is 0 Å². The summed E-state index contributed by atoms with van der Waals surface area (Å²) in [4.78, 5) is 24.2. The third kappa shape index (κ3) is 6.65. The zero-order valence-corrected chi connectivity index (χ0v) is 12.0. The Labute approximate surface area is 114 Å². The van der Waals surface area contributed by atoms with E-state index in [0.29, 0.717) is 6.42 Å². The van der Waals surface area contributed by atoms with E-state index in [1.807, 2.05) is 19.9 Å². The lowest BCUT2D eigenvalue weighted by molar-refractivity contribution is -0.142. The van der Waals surface area contributed by atoms with Gasteiger partial charge in [-0.25, -0.2) is 4.79 Å². The van der Waals surface area contributed by atoms with Crippen LogP contribution in [0.3, 0.4) is 0 Å². The standard InChI is InChI=1S/C13H23N3O3/c1-9(2)7-11(12(17)18)8-15-13(19)16(4)10(3)5-6-14/h9-11H,5,7-8H2,1-4H3,(H,15,19)(H,17,18). The second-order valence-corrected chi connectivity index (χ2v) is 5.17. The van der Waals surface area contributed by atoms with Crippen molar-refractivity contribution >= 4 is 12.0 Å². The summed E-state index contributed by atoms with van der Waals surface area (Å²) in [6, 6.07) is 1.45. The first kappa shape index (κ1) is 17.2. The molecule has 19 heavy (non-hydrogen) atoms. The van der Waals surface area contributed by atoms with E-state index in [4.69, 9.17) is 10.4 Å². The molecule has 2 amide bonds. The van der Waals surface area contributed by atoms with Crippen LogP contribution in [0, 0.1) is 23.2 Å². The topological polar surface area (TPSA) is 93.4 Å². The van der Waals surface area contributed by atoms with Crippen LogP contribution in [-0.2, 0) is 4.79 Å². The van der Waals surface area contributed by atoms with E-state index in [0.717, 1.165) is 0 Å². The summed E-state index contributed by atoms with van der Waals surface area (Å²) in [5.74, 6) is -1.22. The smallest absolute Gasteiger partial charge is 0.317 e. The van der Waals surface area contributed by atoms with Gasteiger partial charge in [-0.2, -0.15) is 5.26 Å². The van der Waals surface area contributed by atoms with E-state index in [1.54, 1.807) is 14.0 Å². The molecule has 2 unspecified atom stereocenters. The van der Waals surface area contributed by atoms with Gasteiger partial charge >= 0.3 is 12.0 Å². The number of carbonyl (C=O) groups excluding carboxylic acids is 1. The van der Waals surface area contributed by atoms with Crippen LogP contribution in [0.1, 0.15) is 33.6 Å². The number of rotatable bonds is 7. The van der Waals surface area contributed by atoms with E-state index in [1.165, 1.54) is 4.90 Å². The zero-order valence-electron chi connectivity index (χ0n) is 12.0. The molecule has 0 aromatic carbocycles. The van der Waals surface area contributed by atoms with E-state index < -0.39 is 11.9 Å². The first-order chi connectivity index (χ1) is 8.79. The van der Waals surface area contributed by atoms with Crippen molar-refractivity contribution < 1.29 is 14.7 Å². The van der Waals surface area contributed by atoms with Gasteiger partial charge in [0.1, 0.15) is 0 Å². The quantitative estimate of drug-likeness (QED) is 0.735. The largest absolute Gasteiger partial charge is 0.481 e. The van der Waals surface area contributed by atoms with Crippen molar-refractivity contribution in [3.05, 3.63) is 0 Å². The van der Waals surface area contributed by atoms with Gasteiger partial charge in [0, 0.05) is 19.6 Å². The van der Waals surface area contributed by atoms with Crippen LogP contribution in [0.5, 0.6) is 0 Å². The third-order valence-electron chi connectivity index (χ3n) is 2.97. The summed E-state index contributed by atoms with van der Waals surface area (Å²) in [5.41, 5.74) is 0. The molecule has 0 aliphatic heterocycles. The molecule has 2 atom stereocenters. The van der Waals surface area contributed by atoms with Gasteiger partial charge in [-0.1, -0.05) is 13.8 Å². The normalized spacial score (nSPS) is 13.5. The number of carboxylic acids is 1. The fourth-order valence-electron chi connectivity index (χ4n) is 1.64. The second kappa shape index (κ2) is 8.35. The number of amides is 2. The van der Waals surface area contributed by atoms with Crippen molar-refractivity contribution in [2.75, 3.05) is 13.6 Å². The van der Waals surface area contributed by atoms with E-state index in [-0.39, 0.29) is 31.0 Å². The molecule has 0 heterocycles. The Morgan fingerprint density at radius 2 is 1.95 bits per heavy atom. The van der Waals surface area contributed by atoms with Gasteiger partial charge in [0.15, 0.2) is 0 Å². The Morgan fingerprint density at radius 3 is 2.37 bits per heavy atom. The van der Waals surface area contributed by atoms with Gasteiger partial charge in [0.2, 0.25) is 0 Å². The van der Waals surface area contributed by atoms with Crippen LogP contribution in [0.15, 0.2) is 0 Å². The number of urea groups is 1. The molecular weight excluding hydrogens is 246 g/mol. The highest BCUT2D eigenvalue weighted by atomic mass is 16.4. The van der Waals surface area contributed by atoms with Crippen LogP contribution in [0.25, 0.3) is 0 Å². The average molecular weight is 269 g/mol. The number of hydrogen-bond acceptors (Lipinski definition) is 3. The predicted molar refractivity (Wildman–Crippen MR) is 71.4 cm³/mol. The number of hydrogen-bond donors (Lipinski definition) is 2. The van der Waals surface area contributed by atoms with Crippen molar-refractivity contribution in [3.63, 3.8) is 0 Å². The first-order valence-corrected chi connectivity index (χ1v) is 6.40. The molecule has 0 saturated heterocycles. The van der Waals surface area contributed by atoms with Gasteiger partial charge in [0.25, 0.3) is 0 Å². The number of nitrogens with one attached hydrogen (secondary N) is 1. The minimum atomic E-state index is -0.901. The average Bonchev–Trinajstić information content (AvgIpc) is 2.32. The van der Waals surface area contributed by atoms with Crippen molar-refractivity contribution in [2.45, 2.75) is 39.7 Å². The lowest BCUT2D eigenvalue weighted by atomic mass is 9.97. The Hall–Kier alpha value is -1.77. The highest BCUT2D eigenvalue weighted by molar-refractivity contribution is 5.76. The molecule has 0 rings (SSSR count). The van der Waals surface area contributed by atoms with Gasteiger partial charge in [0.05, 0.1) is 18.4 Å².